The smallest absolute Gasteiger partial charge is 0.387 e. The maximum Gasteiger partial charge on any atom is 0.387 e. The van der Waals surface area contributed by atoms with Crippen LogP contribution in [0.4, 0.5) is 35.1 Å². The van der Waals surface area contributed by atoms with Crippen LogP contribution in [0.25, 0.3) is 11.1 Å². The molecular weight excluding hydrogens is 552 g/mol. The summed E-state index contributed by atoms with van der Waals surface area (Å²) in [6.45, 7) is -1.46. The van der Waals surface area contributed by atoms with E-state index < -0.39 is 41.4 Å². The van der Waals surface area contributed by atoms with E-state index in [9.17, 15) is 35.1 Å². The molecule has 9 heteroatoms. The highest BCUT2D eigenvalue weighted by Crippen LogP contribution is 2.38. The van der Waals surface area contributed by atoms with Crippen LogP contribution in [0.1, 0.15) is 75.3 Å². The second-order valence-electron chi connectivity index (χ2n) is 10.3. The maximum absolute atomic E-state index is 14.6. The van der Waals surface area contributed by atoms with E-state index in [0.717, 1.165) is 50.5 Å². The number of rotatable bonds is 10. The van der Waals surface area contributed by atoms with Gasteiger partial charge in [0.1, 0.15) is 17.5 Å². The lowest BCUT2D eigenvalue weighted by atomic mass is 9.77. The average Bonchev–Trinajstić information content (AvgIpc) is 2.92. The molecule has 4 rings (SSSR count). The lowest BCUT2D eigenvalue weighted by Crippen LogP contribution is -2.13. The lowest BCUT2D eigenvalue weighted by Gasteiger charge is -2.28. The number of ether oxygens (including phenoxy) is 1. The molecular formula is C32H34F8O. The van der Waals surface area contributed by atoms with Gasteiger partial charge in [0.05, 0.1) is 12.2 Å². The molecule has 0 aliphatic heterocycles. The zero-order chi connectivity index (χ0) is 29.9. The first-order valence-electron chi connectivity index (χ1n) is 13.9. The number of hydrogen-bond acceptors (Lipinski definition) is 1. The minimum atomic E-state index is -3.35. The van der Waals surface area contributed by atoms with E-state index in [0.29, 0.717) is 30.2 Å². The Bertz CT molecular complexity index is 1190. The molecule has 0 atom stereocenters. The number of unbranched alkanes of at least 4 members (excludes halogenated alkanes) is 2. The van der Waals surface area contributed by atoms with E-state index in [-0.39, 0.29) is 24.4 Å². The number of hydrogen-bond donors (Lipinski definition) is 0. The SMILES string of the molecule is CCCCCc1cc(F)c(-c2ccc(C3CCC(CCF)CC3)cc2)c(F)c1.Fc1cc(F)c(OC(F)F)c(F)c1. The van der Waals surface area contributed by atoms with Crippen molar-refractivity contribution in [2.75, 3.05) is 6.67 Å². The highest BCUT2D eigenvalue weighted by atomic mass is 19.3. The summed E-state index contributed by atoms with van der Waals surface area (Å²) in [7, 11) is 0. The zero-order valence-corrected chi connectivity index (χ0v) is 22.9. The Morgan fingerprint density at radius 3 is 1.88 bits per heavy atom. The van der Waals surface area contributed by atoms with Gasteiger partial charge in [-0.3, -0.25) is 4.39 Å². The fraction of sp³-hybridized carbons (Fsp3) is 0.438. The molecule has 0 aromatic heterocycles. The summed E-state index contributed by atoms with van der Waals surface area (Å²) in [6, 6.07) is 11.1. The third-order valence-corrected chi connectivity index (χ3v) is 7.38. The number of benzene rings is 3. The average molecular weight is 587 g/mol. The van der Waals surface area contributed by atoms with Crippen LogP contribution in [0.3, 0.4) is 0 Å². The summed E-state index contributed by atoms with van der Waals surface area (Å²) in [5.74, 6) is -5.46. The quantitative estimate of drug-likeness (QED) is 0.170. The molecule has 224 valence electrons. The summed E-state index contributed by atoms with van der Waals surface area (Å²) in [5.41, 5.74) is 2.61. The summed E-state index contributed by atoms with van der Waals surface area (Å²) in [5, 5.41) is 0. The second kappa shape index (κ2) is 15.8. The predicted molar refractivity (Wildman–Crippen MR) is 143 cm³/mol. The van der Waals surface area contributed by atoms with E-state index in [1.54, 1.807) is 0 Å². The third kappa shape index (κ3) is 9.47. The van der Waals surface area contributed by atoms with Crippen molar-refractivity contribution < 1.29 is 39.9 Å². The molecule has 1 fully saturated rings. The van der Waals surface area contributed by atoms with Crippen molar-refractivity contribution in [3.05, 3.63) is 88.7 Å². The molecule has 0 amide bonds. The summed E-state index contributed by atoms with van der Waals surface area (Å²) in [4.78, 5) is 0. The van der Waals surface area contributed by atoms with Crippen molar-refractivity contribution in [1.82, 2.24) is 0 Å². The predicted octanol–water partition coefficient (Wildman–Crippen LogP) is 10.7. The Labute approximate surface area is 235 Å². The van der Waals surface area contributed by atoms with E-state index in [2.05, 4.69) is 11.7 Å². The van der Waals surface area contributed by atoms with E-state index in [1.807, 2.05) is 24.3 Å². The minimum Gasteiger partial charge on any atom is -0.429 e. The Balaban J connectivity index is 0.000000298. The normalized spacial score (nSPS) is 16.8. The highest BCUT2D eigenvalue weighted by molar-refractivity contribution is 5.65. The fourth-order valence-corrected chi connectivity index (χ4v) is 5.22. The van der Waals surface area contributed by atoms with Crippen molar-refractivity contribution in [1.29, 1.82) is 0 Å². The van der Waals surface area contributed by atoms with Gasteiger partial charge >= 0.3 is 6.61 Å². The monoisotopic (exact) mass is 586 g/mol. The largest absolute Gasteiger partial charge is 0.429 e. The molecule has 41 heavy (non-hydrogen) atoms. The first kappa shape index (κ1) is 32.4. The van der Waals surface area contributed by atoms with Gasteiger partial charge in [-0.15, -0.1) is 0 Å². The molecule has 0 radical (unpaired) electrons. The van der Waals surface area contributed by atoms with Crippen LogP contribution in [0.5, 0.6) is 5.75 Å². The molecule has 1 aliphatic rings. The number of aryl methyl sites for hydroxylation is 1. The maximum atomic E-state index is 14.6. The van der Waals surface area contributed by atoms with Gasteiger partial charge in [0.2, 0.25) is 0 Å². The fourth-order valence-electron chi connectivity index (χ4n) is 5.22. The van der Waals surface area contributed by atoms with Crippen LogP contribution in [-0.2, 0) is 6.42 Å². The van der Waals surface area contributed by atoms with Crippen molar-refractivity contribution in [2.45, 2.75) is 77.2 Å². The van der Waals surface area contributed by atoms with Crippen molar-refractivity contribution in [3.63, 3.8) is 0 Å². The van der Waals surface area contributed by atoms with Crippen molar-refractivity contribution in [3.8, 4) is 16.9 Å². The summed E-state index contributed by atoms with van der Waals surface area (Å²) in [6.07, 6.45) is 8.78. The molecule has 0 heterocycles. The molecule has 1 nitrogen and oxygen atoms in total. The molecule has 0 spiro atoms. The standard InChI is InChI=1S/C25H31F3.C7H3F5O/c1-2-3-4-5-19-16-23(27)25(24(28)17-19)22-12-10-21(11-13-22)20-8-6-18(7-9-20)14-15-26;8-3-1-4(9)6(5(10)2-3)13-7(11)12/h10-13,16-18,20H,2-9,14-15H2,1H3;1-2,7H. The van der Waals surface area contributed by atoms with Gasteiger partial charge in [0.15, 0.2) is 17.4 Å². The van der Waals surface area contributed by atoms with Crippen molar-refractivity contribution in [2.24, 2.45) is 5.92 Å². The highest BCUT2D eigenvalue weighted by Gasteiger charge is 2.22. The van der Waals surface area contributed by atoms with Gasteiger partial charge in [0, 0.05) is 12.1 Å². The lowest BCUT2D eigenvalue weighted by molar-refractivity contribution is -0.0547. The number of halogens is 8. The summed E-state index contributed by atoms with van der Waals surface area (Å²) >= 11 is 0. The van der Waals surface area contributed by atoms with E-state index in [4.69, 9.17) is 0 Å². The molecule has 0 N–H and O–H groups in total. The van der Waals surface area contributed by atoms with Crippen molar-refractivity contribution >= 4 is 0 Å². The summed E-state index contributed by atoms with van der Waals surface area (Å²) < 4.78 is 106. The molecule has 1 saturated carbocycles. The Morgan fingerprint density at radius 1 is 0.780 bits per heavy atom. The minimum absolute atomic E-state index is 0.0671. The Hall–Kier alpha value is -3.10. The first-order chi connectivity index (χ1) is 19.6. The molecule has 3 aromatic rings. The Morgan fingerprint density at radius 2 is 1.37 bits per heavy atom. The van der Waals surface area contributed by atoms with Gasteiger partial charge < -0.3 is 4.74 Å². The third-order valence-electron chi connectivity index (χ3n) is 7.38. The zero-order valence-electron chi connectivity index (χ0n) is 22.9. The number of alkyl halides is 3. The van der Waals surface area contributed by atoms with Gasteiger partial charge in [-0.05, 0) is 85.6 Å². The molecule has 3 aromatic carbocycles. The Kier molecular flexibility index (Phi) is 12.5. The van der Waals surface area contributed by atoms with Crippen LogP contribution < -0.4 is 4.74 Å². The molecule has 0 bridgehead atoms. The first-order valence-corrected chi connectivity index (χ1v) is 13.9. The van der Waals surface area contributed by atoms with Gasteiger partial charge in [-0.2, -0.15) is 8.78 Å². The molecule has 0 saturated heterocycles. The van der Waals surface area contributed by atoms with Gasteiger partial charge in [0.25, 0.3) is 0 Å². The molecule has 0 unspecified atom stereocenters. The van der Waals surface area contributed by atoms with Crippen LogP contribution in [-0.4, -0.2) is 13.3 Å². The molecule has 1 aliphatic carbocycles. The topological polar surface area (TPSA) is 9.23 Å². The van der Waals surface area contributed by atoms with E-state index >= 15 is 0 Å². The van der Waals surface area contributed by atoms with Crippen LogP contribution >= 0.6 is 0 Å². The van der Waals surface area contributed by atoms with Gasteiger partial charge in [-0.25, -0.2) is 22.0 Å². The van der Waals surface area contributed by atoms with Gasteiger partial charge in [-0.1, -0.05) is 44.0 Å². The van der Waals surface area contributed by atoms with Crippen LogP contribution in [0, 0.1) is 35.0 Å². The van der Waals surface area contributed by atoms with E-state index in [1.165, 1.54) is 17.7 Å². The van der Waals surface area contributed by atoms with Crippen LogP contribution in [0.15, 0.2) is 48.5 Å². The second-order valence-corrected chi connectivity index (χ2v) is 10.3. The van der Waals surface area contributed by atoms with Crippen LogP contribution in [0.2, 0.25) is 0 Å².